The van der Waals surface area contributed by atoms with Crippen molar-refractivity contribution in [1.82, 2.24) is 15.5 Å². The molecule has 2 aliphatic heterocycles. The van der Waals surface area contributed by atoms with E-state index in [1.165, 1.54) is 12.1 Å². The number of halogens is 5. The fourth-order valence-corrected chi connectivity index (χ4v) is 4.77. The monoisotopic (exact) mass is 505 g/mol. The van der Waals surface area contributed by atoms with Gasteiger partial charge in [0.2, 0.25) is 11.8 Å². The first-order chi connectivity index (χ1) is 16.1. The maximum atomic E-state index is 13.5. The second-order valence-electron chi connectivity index (χ2n) is 8.66. The molecule has 1 aromatic carbocycles. The predicted octanol–water partition coefficient (Wildman–Crippen LogP) is 3.85. The molecule has 1 saturated carbocycles. The Kier molecular flexibility index (Phi) is 6.15. The molecular weight excluding hydrogens is 486 g/mol. The van der Waals surface area contributed by atoms with Crippen molar-refractivity contribution < 1.29 is 41.0 Å². The van der Waals surface area contributed by atoms with E-state index in [2.05, 4.69) is 20.3 Å². The lowest BCUT2D eigenvalue weighted by atomic mass is 9.82. The molecule has 3 fully saturated rings. The van der Waals surface area contributed by atoms with Gasteiger partial charge in [-0.1, -0.05) is 11.6 Å². The van der Waals surface area contributed by atoms with Crippen LogP contribution in [-0.2, 0) is 14.3 Å². The molecule has 1 N–H and O–H groups in total. The lowest BCUT2D eigenvalue weighted by Crippen LogP contribution is -2.44. The van der Waals surface area contributed by atoms with Crippen molar-refractivity contribution in [2.45, 2.75) is 68.2 Å². The van der Waals surface area contributed by atoms with Gasteiger partial charge in [-0.05, 0) is 37.8 Å². The van der Waals surface area contributed by atoms with Crippen LogP contribution in [0.4, 0.5) is 17.6 Å². The highest BCUT2D eigenvalue weighted by atomic mass is 35.5. The number of hydrogen-bond acceptors (Lipinski definition) is 7. The maximum Gasteiger partial charge on any atom is 0.522 e. The first kappa shape index (κ1) is 23.3. The molecule has 34 heavy (non-hydrogen) atoms. The molecule has 1 amide bonds. The number of carbonyl (C=O) groups excluding carboxylic acids is 1. The summed E-state index contributed by atoms with van der Waals surface area (Å²) in [6.07, 6.45) is -4.56. The third-order valence-corrected chi connectivity index (χ3v) is 6.65. The predicted molar refractivity (Wildman–Crippen MR) is 107 cm³/mol. The van der Waals surface area contributed by atoms with Gasteiger partial charge in [-0.3, -0.25) is 9.53 Å². The number of amides is 1. The van der Waals surface area contributed by atoms with Crippen molar-refractivity contribution in [3.63, 3.8) is 0 Å². The van der Waals surface area contributed by atoms with E-state index >= 15 is 0 Å². The van der Waals surface area contributed by atoms with E-state index in [1.54, 1.807) is 0 Å². The van der Waals surface area contributed by atoms with Crippen LogP contribution in [0.5, 0.6) is 5.75 Å². The maximum absolute atomic E-state index is 13.5. The zero-order chi connectivity index (χ0) is 24.0. The zero-order valence-corrected chi connectivity index (χ0v) is 18.3. The summed E-state index contributed by atoms with van der Waals surface area (Å²) in [5.74, 6) is -0.515. The van der Waals surface area contributed by atoms with Gasteiger partial charge >= 0.3 is 6.36 Å². The quantitative estimate of drug-likeness (QED) is 0.571. The summed E-state index contributed by atoms with van der Waals surface area (Å²) in [4.78, 5) is 12.3. The van der Waals surface area contributed by atoms with E-state index in [1.807, 2.05) is 0 Å². The highest BCUT2D eigenvalue weighted by Gasteiger charge is 2.50. The number of ether oxygens (including phenoxy) is 3. The van der Waals surface area contributed by atoms with Crippen LogP contribution >= 0.6 is 11.6 Å². The van der Waals surface area contributed by atoms with Gasteiger partial charge < -0.3 is 19.2 Å². The Morgan fingerprint density at radius 1 is 1.15 bits per heavy atom. The summed E-state index contributed by atoms with van der Waals surface area (Å²) in [7, 11) is 0. The van der Waals surface area contributed by atoms with Gasteiger partial charge in [0.05, 0.1) is 35.3 Å². The molecule has 1 aliphatic carbocycles. The Morgan fingerprint density at radius 2 is 1.91 bits per heavy atom. The third-order valence-electron chi connectivity index (χ3n) is 6.34. The van der Waals surface area contributed by atoms with Crippen LogP contribution in [0.3, 0.4) is 0 Å². The number of nitrogens with zero attached hydrogens (tertiary/aromatic N) is 2. The van der Waals surface area contributed by atoms with Gasteiger partial charge in [0.25, 0.3) is 5.91 Å². The van der Waals surface area contributed by atoms with Gasteiger partial charge in [-0.2, -0.15) is 0 Å². The van der Waals surface area contributed by atoms with Crippen molar-refractivity contribution in [2.75, 3.05) is 6.61 Å². The topological polar surface area (TPSA) is 95.7 Å². The number of nitrogens with one attached hydrogen (secondary N) is 1. The number of alkyl halides is 3. The first-order valence-corrected chi connectivity index (χ1v) is 11.1. The molecule has 1 aromatic heterocycles. The van der Waals surface area contributed by atoms with E-state index in [4.69, 9.17) is 25.5 Å². The molecule has 3 aliphatic rings. The SMILES string of the molecule is O=C(COc1ccc(Cl)c(F)c1)NC1CC2OC1CC2c1nnc([C@H]2C[C@@H](OC(F)(F)F)C2)o1. The molecular formula is C21H20ClF4N3O5. The normalized spacial score (nSPS) is 30.3. The van der Waals surface area contributed by atoms with Crippen molar-refractivity contribution in [3.05, 3.63) is 40.8 Å². The van der Waals surface area contributed by atoms with E-state index in [9.17, 15) is 22.4 Å². The smallest absolute Gasteiger partial charge is 0.484 e. The molecule has 184 valence electrons. The molecule has 8 nitrogen and oxygen atoms in total. The Morgan fingerprint density at radius 3 is 2.59 bits per heavy atom. The molecule has 2 aromatic rings. The average Bonchev–Trinajstić information content (AvgIpc) is 3.46. The molecule has 5 rings (SSSR count). The number of fused-ring (bicyclic) bond motifs is 2. The minimum Gasteiger partial charge on any atom is -0.484 e. The molecule has 0 radical (unpaired) electrons. The number of hydrogen-bond donors (Lipinski definition) is 1. The number of rotatable bonds is 7. The van der Waals surface area contributed by atoms with E-state index in [0.717, 1.165) is 6.07 Å². The van der Waals surface area contributed by atoms with Crippen LogP contribution in [0.1, 0.15) is 49.3 Å². The van der Waals surface area contributed by atoms with Gasteiger partial charge in [0.15, 0.2) is 6.61 Å². The van der Waals surface area contributed by atoms with E-state index < -0.39 is 18.3 Å². The first-order valence-electron chi connectivity index (χ1n) is 10.7. The fraction of sp³-hybridized carbons (Fsp3) is 0.571. The van der Waals surface area contributed by atoms with E-state index in [-0.39, 0.29) is 66.2 Å². The number of carbonyl (C=O) groups is 1. The summed E-state index contributed by atoms with van der Waals surface area (Å²) in [5.41, 5.74) is 0. The average molecular weight is 506 g/mol. The van der Waals surface area contributed by atoms with Crippen molar-refractivity contribution in [3.8, 4) is 5.75 Å². The van der Waals surface area contributed by atoms with Crippen LogP contribution in [0, 0.1) is 5.82 Å². The van der Waals surface area contributed by atoms with Crippen LogP contribution in [0.2, 0.25) is 5.02 Å². The second kappa shape index (κ2) is 8.97. The minimum absolute atomic E-state index is 0.0359. The summed E-state index contributed by atoms with van der Waals surface area (Å²) in [6.45, 7) is -0.286. The van der Waals surface area contributed by atoms with Crippen LogP contribution in [-0.4, -0.2) is 53.4 Å². The van der Waals surface area contributed by atoms with Gasteiger partial charge in [-0.25, -0.2) is 4.39 Å². The summed E-state index contributed by atoms with van der Waals surface area (Å²) in [5, 5.41) is 10.9. The van der Waals surface area contributed by atoms with Crippen LogP contribution in [0.15, 0.2) is 22.6 Å². The van der Waals surface area contributed by atoms with Gasteiger partial charge in [0, 0.05) is 12.0 Å². The van der Waals surface area contributed by atoms with Crippen LogP contribution in [0.25, 0.3) is 0 Å². The molecule has 2 bridgehead atoms. The molecule has 4 unspecified atom stereocenters. The summed E-state index contributed by atoms with van der Waals surface area (Å²) in [6, 6.07) is 3.70. The Hall–Kier alpha value is -2.44. The Balaban J connectivity index is 1.08. The fourth-order valence-electron chi connectivity index (χ4n) is 4.65. The van der Waals surface area contributed by atoms with E-state index in [0.29, 0.717) is 24.6 Å². The lowest BCUT2D eigenvalue weighted by molar-refractivity contribution is -0.352. The highest BCUT2D eigenvalue weighted by Crippen LogP contribution is 2.46. The molecule has 0 spiro atoms. The lowest BCUT2D eigenvalue weighted by Gasteiger charge is -2.32. The molecule has 13 heteroatoms. The van der Waals surface area contributed by atoms with Gasteiger partial charge in [-0.15, -0.1) is 23.4 Å². The number of aromatic nitrogens is 2. The Bertz CT molecular complexity index is 1060. The Labute approximate surface area is 195 Å². The minimum atomic E-state index is -4.65. The van der Waals surface area contributed by atoms with Crippen LogP contribution < -0.4 is 10.1 Å². The molecule has 3 heterocycles. The summed E-state index contributed by atoms with van der Waals surface area (Å²) >= 11 is 5.62. The summed E-state index contributed by atoms with van der Waals surface area (Å²) < 4.78 is 71.2. The van der Waals surface area contributed by atoms with Crippen molar-refractivity contribution in [2.24, 2.45) is 0 Å². The van der Waals surface area contributed by atoms with Gasteiger partial charge in [0.1, 0.15) is 11.6 Å². The van der Waals surface area contributed by atoms with Crippen molar-refractivity contribution in [1.29, 1.82) is 0 Å². The third kappa shape index (κ3) is 4.98. The highest BCUT2D eigenvalue weighted by molar-refractivity contribution is 6.30. The largest absolute Gasteiger partial charge is 0.522 e. The molecule has 4 atom stereocenters. The standard InChI is InChI=1S/C21H20ClF4N3O5/c22-13-2-1-10(5-14(13)23)31-8-18(30)27-15-7-16-12(6-17(15)32-16)20-29-28-19(33-20)9-3-11(4-9)34-21(24,25)26/h1-2,5,9,11-12,15-17H,3-4,6-8H2,(H,27,30)/t9-,11+,12?,15?,16?,17?. The molecule has 2 saturated heterocycles. The number of benzene rings is 1. The zero-order valence-electron chi connectivity index (χ0n) is 17.6. The second-order valence-corrected chi connectivity index (χ2v) is 9.07. The van der Waals surface area contributed by atoms with Crippen molar-refractivity contribution >= 4 is 17.5 Å².